The number of halogens is 2. The summed E-state index contributed by atoms with van der Waals surface area (Å²) in [6.45, 7) is 1.44. The van der Waals surface area contributed by atoms with Crippen molar-refractivity contribution in [3.05, 3.63) is 0 Å². The summed E-state index contributed by atoms with van der Waals surface area (Å²) in [6.07, 6.45) is 7.38. The van der Waals surface area contributed by atoms with Crippen LogP contribution in [0.25, 0.3) is 0 Å². The predicted octanol–water partition coefficient (Wildman–Crippen LogP) is 3.92. The van der Waals surface area contributed by atoms with Gasteiger partial charge in [-0.1, -0.05) is 6.42 Å². The van der Waals surface area contributed by atoms with Gasteiger partial charge in [-0.25, -0.2) is 13.6 Å². The van der Waals surface area contributed by atoms with Gasteiger partial charge in [0.1, 0.15) is 12.2 Å². The van der Waals surface area contributed by atoms with E-state index in [1.807, 2.05) is 6.92 Å². The van der Waals surface area contributed by atoms with Gasteiger partial charge >= 0.3 is 11.9 Å². The van der Waals surface area contributed by atoms with E-state index in [1.165, 1.54) is 0 Å². The quantitative estimate of drug-likeness (QED) is 0.600. The number of esters is 2. The van der Waals surface area contributed by atoms with Gasteiger partial charge in [-0.15, -0.1) is 0 Å². The molecule has 0 saturated heterocycles. The molecule has 4 atom stereocenters. The van der Waals surface area contributed by atoms with E-state index in [4.69, 9.17) is 14.2 Å². The fraction of sp³-hybridized carbons (Fsp3) is 0.913. The van der Waals surface area contributed by atoms with Crippen LogP contribution in [0.5, 0.6) is 0 Å². The Morgan fingerprint density at radius 3 is 2.42 bits per heavy atom. The minimum absolute atomic E-state index is 0.0304. The molecule has 5 aliphatic carbocycles. The van der Waals surface area contributed by atoms with Gasteiger partial charge < -0.3 is 19.3 Å². The van der Waals surface area contributed by atoms with Crippen LogP contribution in [0.15, 0.2) is 0 Å². The highest BCUT2D eigenvalue weighted by atomic mass is 19.3. The van der Waals surface area contributed by atoms with Gasteiger partial charge in [-0.3, -0.25) is 4.79 Å². The van der Waals surface area contributed by atoms with Crippen LogP contribution in [-0.4, -0.2) is 53.0 Å². The van der Waals surface area contributed by atoms with Gasteiger partial charge in [0, 0.05) is 13.3 Å². The van der Waals surface area contributed by atoms with E-state index < -0.39 is 46.7 Å². The molecule has 0 spiro atoms. The molecule has 5 fully saturated rings. The third kappa shape index (κ3) is 4.90. The molecule has 0 aromatic carbocycles. The molecule has 6 nitrogen and oxygen atoms in total. The van der Waals surface area contributed by atoms with Crippen molar-refractivity contribution in [1.29, 1.82) is 0 Å². The van der Waals surface area contributed by atoms with Gasteiger partial charge in [0.2, 0.25) is 0 Å². The standard InChI is InChI=1S/C23H34F2O6/c1-19(6-4-3-5-7-19)31-17(26)11-30-23-10-16-8-21(13-23,12-22(28,9-16)14-23)18(27)29-15-20(2,24)25/h16,28H,3-15H2,1-2H3. The number of rotatable bonds is 7. The summed E-state index contributed by atoms with van der Waals surface area (Å²) in [5.74, 6) is -4.21. The first-order chi connectivity index (χ1) is 14.3. The monoisotopic (exact) mass is 444 g/mol. The van der Waals surface area contributed by atoms with E-state index in [9.17, 15) is 23.5 Å². The summed E-state index contributed by atoms with van der Waals surface area (Å²) in [5.41, 5.74) is -3.45. The lowest BCUT2D eigenvalue weighted by molar-refractivity contribution is -0.254. The van der Waals surface area contributed by atoms with Crippen LogP contribution >= 0.6 is 0 Å². The average Bonchev–Trinajstić information content (AvgIpc) is 2.62. The molecule has 0 amide bonds. The molecule has 4 unspecified atom stereocenters. The third-order valence-electron chi connectivity index (χ3n) is 7.65. The molecule has 5 aliphatic rings. The van der Waals surface area contributed by atoms with Gasteiger partial charge in [-0.05, 0) is 70.6 Å². The molecule has 31 heavy (non-hydrogen) atoms. The second-order valence-electron chi connectivity index (χ2n) is 11.1. The summed E-state index contributed by atoms with van der Waals surface area (Å²) in [5, 5.41) is 11.1. The normalized spacial score (nSPS) is 38.7. The number of carbonyl (C=O) groups excluding carboxylic acids is 2. The number of aliphatic hydroxyl groups is 1. The fourth-order valence-corrected chi connectivity index (χ4v) is 6.95. The second kappa shape index (κ2) is 7.65. The molecule has 0 heterocycles. The Morgan fingerprint density at radius 2 is 1.77 bits per heavy atom. The van der Waals surface area contributed by atoms with Gasteiger partial charge in [0.15, 0.2) is 6.61 Å². The zero-order valence-corrected chi connectivity index (χ0v) is 18.5. The Labute approximate surface area is 182 Å². The first kappa shape index (κ1) is 22.9. The Balaban J connectivity index is 1.43. The Kier molecular flexibility index (Phi) is 5.65. The minimum atomic E-state index is -3.11. The number of ether oxygens (including phenoxy) is 3. The first-order valence-corrected chi connectivity index (χ1v) is 11.5. The molecule has 0 aromatic rings. The molecule has 8 heteroatoms. The third-order valence-corrected chi connectivity index (χ3v) is 7.65. The zero-order valence-electron chi connectivity index (χ0n) is 18.5. The van der Waals surface area contributed by atoms with E-state index in [2.05, 4.69) is 0 Å². The molecule has 1 N–H and O–H groups in total. The lowest BCUT2D eigenvalue weighted by Crippen LogP contribution is -2.66. The van der Waals surface area contributed by atoms with E-state index >= 15 is 0 Å². The maximum Gasteiger partial charge on any atom is 0.332 e. The Hall–Kier alpha value is -1.28. The summed E-state index contributed by atoms with van der Waals surface area (Å²) in [6, 6.07) is 0. The molecule has 0 radical (unpaired) electrons. The molecule has 0 aliphatic heterocycles. The molecular weight excluding hydrogens is 410 g/mol. The second-order valence-corrected chi connectivity index (χ2v) is 11.1. The first-order valence-electron chi connectivity index (χ1n) is 11.5. The van der Waals surface area contributed by atoms with Crippen molar-refractivity contribution in [2.45, 2.75) is 107 Å². The van der Waals surface area contributed by atoms with Crippen LogP contribution in [0, 0.1) is 11.3 Å². The maximum atomic E-state index is 13.2. The SMILES string of the molecule is CC(F)(F)COC(=O)C12CC3CC(O)(CC(OCC(=O)OC4(C)CCCCC4)(C3)C1)C2. The van der Waals surface area contributed by atoms with E-state index in [0.29, 0.717) is 32.6 Å². The zero-order chi connectivity index (χ0) is 22.5. The molecule has 0 aromatic heterocycles. The van der Waals surface area contributed by atoms with Gasteiger partial charge in [0.25, 0.3) is 5.92 Å². The summed E-state index contributed by atoms with van der Waals surface area (Å²) >= 11 is 0. The minimum Gasteiger partial charge on any atom is -0.459 e. The van der Waals surface area contributed by atoms with Crippen LogP contribution in [0.2, 0.25) is 0 Å². The smallest absolute Gasteiger partial charge is 0.332 e. The van der Waals surface area contributed by atoms with Crippen molar-refractivity contribution < 1.29 is 37.7 Å². The summed E-state index contributed by atoms with van der Waals surface area (Å²) in [4.78, 5) is 25.4. The van der Waals surface area contributed by atoms with Crippen LogP contribution < -0.4 is 0 Å². The summed E-state index contributed by atoms with van der Waals surface area (Å²) in [7, 11) is 0. The van der Waals surface area contributed by atoms with Crippen LogP contribution in [0.1, 0.15) is 84.5 Å². The van der Waals surface area contributed by atoms with E-state index in [-0.39, 0.29) is 25.4 Å². The number of hydrogen-bond donors (Lipinski definition) is 1. The molecular formula is C23H34F2O6. The van der Waals surface area contributed by atoms with Crippen molar-refractivity contribution >= 4 is 11.9 Å². The number of alkyl halides is 2. The number of hydrogen-bond acceptors (Lipinski definition) is 6. The highest BCUT2D eigenvalue weighted by molar-refractivity contribution is 5.78. The molecule has 5 rings (SSSR count). The van der Waals surface area contributed by atoms with Crippen LogP contribution in [0.3, 0.4) is 0 Å². The van der Waals surface area contributed by atoms with Crippen LogP contribution in [-0.2, 0) is 23.8 Å². The topological polar surface area (TPSA) is 82.1 Å². The van der Waals surface area contributed by atoms with Crippen molar-refractivity contribution in [2.75, 3.05) is 13.2 Å². The lowest BCUT2D eigenvalue weighted by Gasteiger charge is -2.63. The van der Waals surface area contributed by atoms with Crippen LogP contribution in [0.4, 0.5) is 8.78 Å². The maximum absolute atomic E-state index is 13.2. The fourth-order valence-electron chi connectivity index (χ4n) is 6.95. The Bertz CT molecular complexity index is 730. The van der Waals surface area contributed by atoms with E-state index in [0.717, 1.165) is 32.1 Å². The van der Waals surface area contributed by atoms with Gasteiger partial charge in [-0.2, -0.15) is 0 Å². The molecule has 176 valence electrons. The van der Waals surface area contributed by atoms with Crippen molar-refractivity contribution in [2.24, 2.45) is 11.3 Å². The average molecular weight is 445 g/mol. The number of carbonyl (C=O) groups is 2. The van der Waals surface area contributed by atoms with Crippen molar-refractivity contribution in [3.8, 4) is 0 Å². The largest absolute Gasteiger partial charge is 0.459 e. The van der Waals surface area contributed by atoms with Crippen molar-refractivity contribution in [3.63, 3.8) is 0 Å². The summed E-state index contributed by atoms with van der Waals surface area (Å²) < 4.78 is 43.2. The molecule has 4 bridgehead atoms. The van der Waals surface area contributed by atoms with Crippen molar-refractivity contribution in [1.82, 2.24) is 0 Å². The highest BCUT2D eigenvalue weighted by Crippen LogP contribution is 2.64. The highest BCUT2D eigenvalue weighted by Gasteiger charge is 2.67. The van der Waals surface area contributed by atoms with Gasteiger partial charge in [0.05, 0.1) is 16.6 Å². The lowest BCUT2D eigenvalue weighted by atomic mass is 9.46. The Morgan fingerprint density at radius 1 is 1.06 bits per heavy atom. The predicted molar refractivity (Wildman–Crippen MR) is 106 cm³/mol. The molecule has 5 saturated carbocycles. The van der Waals surface area contributed by atoms with E-state index in [1.54, 1.807) is 0 Å².